The smallest absolute Gasteiger partial charge is 0.164 e. The quantitative estimate of drug-likeness (QED) is 0.846. The highest BCUT2D eigenvalue weighted by atomic mass is 35.5. The molecule has 0 aliphatic heterocycles. The summed E-state index contributed by atoms with van der Waals surface area (Å²) in [7, 11) is 0. The van der Waals surface area contributed by atoms with Crippen LogP contribution in [-0.4, -0.2) is 0 Å². The van der Waals surface area contributed by atoms with E-state index in [-0.39, 0.29) is 5.02 Å². The Morgan fingerprint density at radius 1 is 1.17 bits per heavy atom. The predicted molar refractivity (Wildman–Crippen MR) is 74.7 cm³/mol. The van der Waals surface area contributed by atoms with E-state index < -0.39 is 5.82 Å². The molecule has 0 saturated heterocycles. The van der Waals surface area contributed by atoms with Crippen LogP contribution in [0.15, 0.2) is 36.4 Å². The van der Waals surface area contributed by atoms with Gasteiger partial charge in [-0.2, -0.15) is 0 Å². The van der Waals surface area contributed by atoms with Crippen molar-refractivity contribution in [2.24, 2.45) is 0 Å². The van der Waals surface area contributed by atoms with Gasteiger partial charge in [0, 0.05) is 6.54 Å². The van der Waals surface area contributed by atoms with Crippen LogP contribution in [0.2, 0.25) is 5.02 Å². The lowest BCUT2D eigenvalue weighted by molar-refractivity contribution is 0.630. The fraction of sp³-hybridized carbons (Fsp3) is 0.200. The summed E-state index contributed by atoms with van der Waals surface area (Å²) in [5.74, 6) is -0.399. The molecule has 0 atom stereocenters. The summed E-state index contributed by atoms with van der Waals surface area (Å²) in [6.07, 6.45) is 0. The van der Waals surface area contributed by atoms with Crippen LogP contribution in [0, 0.1) is 19.7 Å². The molecule has 0 radical (unpaired) electrons. The molecule has 0 bridgehead atoms. The maximum atomic E-state index is 13.7. The highest BCUT2D eigenvalue weighted by Gasteiger charge is 2.06. The molecule has 0 saturated carbocycles. The second kappa shape index (κ2) is 5.40. The van der Waals surface area contributed by atoms with Crippen LogP contribution in [0.3, 0.4) is 0 Å². The van der Waals surface area contributed by atoms with Crippen molar-refractivity contribution in [3.05, 3.63) is 63.9 Å². The minimum Gasteiger partial charge on any atom is -0.379 e. The van der Waals surface area contributed by atoms with Crippen LogP contribution in [0.4, 0.5) is 10.1 Å². The Hall–Kier alpha value is -1.54. The molecule has 18 heavy (non-hydrogen) atoms. The van der Waals surface area contributed by atoms with Gasteiger partial charge in [0.2, 0.25) is 0 Å². The van der Waals surface area contributed by atoms with Crippen LogP contribution in [0.25, 0.3) is 0 Å². The zero-order valence-electron chi connectivity index (χ0n) is 10.4. The summed E-state index contributed by atoms with van der Waals surface area (Å²) in [6.45, 7) is 4.70. The highest BCUT2D eigenvalue weighted by Crippen LogP contribution is 2.23. The number of hydrogen-bond acceptors (Lipinski definition) is 1. The van der Waals surface area contributed by atoms with Crippen molar-refractivity contribution >= 4 is 17.3 Å². The van der Waals surface area contributed by atoms with E-state index >= 15 is 0 Å². The average molecular weight is 264 g/mol. The Kier molecular flexibility index (Phi) is 3.87. The number of benzene rings is 2. The van der Waals surface area contributed by atoms with Crippen molar-refractivity contribution in [2.45, 2.75) is 20.4 Å². The third kappa shape index (κ3) is 2.82. The van der Waals surface area contributed by atoms with Crippen molar-refractivity contribution in [2.75, 3.05) is 5.32 Å². The molecule has 0 aliphatic carbocycles. The normalized spacial score (nSPS) is 10.4. The predicted octanol–water partition coefficient (Wildman–Crippen LogP) is 4.71. The van der Waals surface area contributed by atoms with Crippen molar-refractivity contribution in [3.63, 3.8) is 0 Å². The van der Waals surface area contributed by atoms with Gasteiger partial charge in [-0.3, -0.25) is 0 Å². The van der Waals surface area contributed by atoms with Crippen LogP contribution in [0.1, 0.15) is 16.7 Å². The van der Waals surface area contributed by atoms with Crippen molar-refractivity contribution in [3.8, 4) is 0 Å². The van der Waals surface area contributed by atoms with Crippen molar-refractivity contribution in [1.82, 2.24) is 0 Å². The molecule has 0 aromatic heterocycles. The summed E-state index contributed by atoms with van der Waals surface area (Å²) >= 11 is 5.73. The number of hydrogen-bond donors (Lipinski definition) is 1. The molecule has 0 unspecified atom stereocenters. The highest BCUT2D eigenvalue weighted by molar-refractivity contribution is 6.31. The molecule has 0 aliphatic rings. The van der Waals surface area contributed by atoms with Crippen LogP contribution >= 0.6 is 11.6 Å². The maximum absolute atomic E-state index is 13.7. The minimum atomic E-state index is -0.399. The first-order valence-electron chi connectivity index (χ1n) is 5.82. The van der Waals surface area contributed by atoms with Gasteiger partial charge < -0.3 is 5.32 Å². The van der Waals surface area contributed by atoms with Gasteiger partial charge in [0.25, 0.3) is 0 Å². The fourth-order valence-electron chi connectivity index (χ4n) is 1.87. The summed E-state index contributed by atoms with van der Waals surface area (Å²) < 4.78 is 13.7. The topological polar surface area (TPSA) is 12.0 Å². The first-order chi connectivity index (χ1) is 8.58. The second-order valence-corrected chi connectivity index (χ2v) is 4.79. The number of anilines is 1. The van der Waals surface area contributed by atoms with Gasteiger partial charge in [-0.1, -0.05) is 41.4 Å². The molecule has 0 spiro atoms. The van der Waals surface area contributed by atoms with E-state index in [1.165, 1.54) is 11.1 Å². The van der Waals surface area contributed by atoms with E-state index in [0.29, 0.717) is 12.2 Å². The van der Waals surface area contributed by atoms with Gasteiger partial charge in [0.15, 0.2) is 5.82 Å². The van der Waals surface area contributed by atoms with Crippen molar-refractivity contribution < 1.29 is 4.39 Å². The van der Waals surface area contributed by atoms with E-state index in [2.05, 4.69) is 37.4 Å². The van der Waals surface area contributed by atoms with Crippen LogP contribution in [0.5, 0.6) is 0 Å². The molecule has 0 fully saturated rings. The first kappa shape index (κ1) is 12.9. The molecule has 1 N–H and O–H groups in total. The number of nitrogens with one attached hydrogen (secondary N) is 1. The molecule has 0 heterocycles. The van der Waals surface area contributed by atoms with Gasteiger partial charge in [0.1, 0.15) is 0 Å². The Balaban J connectivity index is 2.14. The third-order valence-electron chi connectivity index (χ3n) is 2.92. The summed E-state index contributed by atoms with van der Waals surface area (Å²) in [5, 5.41) is 3.21. The number of aryl methyl sites for hydroxylation is 2. The van der Waals surface area contributed by atoms with E-state index in [9.17, 15) is 4.39 Å². The molecule has 2 aromatic rings. The molecule has 1 nitrogen and oxygen atoms in total. The molecular formula is C15H15ClFN. The fourth-order valence-corrected chi connectivity index (χ4v) is 2.05. The molecule has 2 aromatic carbocycles. The SMILES string of the molecule is Cc1ccc(CNc2cccc(Cl)c2F)c(C)c1. The van der Waals surface area contributed by atoms with E-state index in [4.69, 9.17) is 11.6 Å². The number of rotatable bonds is 3. The monoisotopic (exact) mass is 263 g/mol. The average Bonchev–Trinajstić information content (AvgIpc) is 2.33. The van der Waals surface area contributed by atoms with Gasteiger partial charge in [-0.05, 0) is 37.1 Å². The Morgan fingerprint density at radius 3 is 2.67 bits per heavy atom. The lowest BCUT2D eigenvalue weighted by atomic mass is 10.1. The Bertz CT molecular complexity index is 566. The molecule has 3 heteroatoms. The van der Waals surface area contributed by atoms with Gasteiger partial charge in [-0.15, -0.1) is 0 Å². The summed E-state index contributed by atoms with van der Waals surface area (Å²) in [4.78, 5) is 0. The Labute approximate surface area is 112 Å². The zero-order valence-corrected chi connectivity index (χ0v) is 11.2. The van der Waals surface area contributed by atoms with Crippen LogP contribution in [-0.2, 0) is 6.54 Å². The molecular weight excluding hydrogens is 249 g/mol. The van der Waals surface area contributed by atoms with Gasteiger partial charge in [0.05, 0.1) is 10.7 Å². The lowest BCUT2D eigenvalue weighted by Gasteiger charge is -2.11. The molecule has 94 valence electrons. The first-order valence-corrected chi connectivity index (χ1v) is 6.20. The zero-order chi connectivity index (χ0) is 13.1. The lowest BCUT2D eigenvalue weighted by Crippen LogP contribution is -2.03. The number of halogens is 2. The largest absolute Gasteiger partial charge is 0.379 e. The van der Waals surface area contributed by atoms with E-state index in [1.807, 2.05) is 0 Å². The minimum absolute atomic E-state index is 0.139. The second-order valence-electron chi connectivity index (χ2n) is 4.38. The molecule has 2 rings (SSSR count). The van der Waals surface area contributed by atoms with Gasteiger partial charge >= 0.3 is 0 Å². The standard InChI is InChI=1S/C15H15ClFN/c1-10-6-7-12(11(2)8-10)9-18-14-5-3-4-13(16)15(14)17/h3-8,18H,9H2,1-2H3. The van der Waals surface area contributed by atoms with Gasteiger partial charge in [-0.25, -0.2) is 4.39 Å². The van der Waals surface area contributed by atoms with E-state index in [0.717, 1.165) is 5.56 Å². The van der Waals surface area contributed by atoms with Crippen molar-refractivity contribution in [1.29, 1.82) is 0 Å². The maximum Gasteiger partial charge on any atom is 0.164 e. The summed E-state index contributed by atoms with van der Waals surface area (Å²) in [5.41, 5.74) is 4.01. The summed E-state index contributed by atoms with van der Waals surface area (Å²) in [6, 6.07) is 11.2. The van der Waals surface area contributed by atoms with Crippen LogP contribution < -0.4 is 5.32 Å². The van der Waals surface area contributed by atoms with E-state index in [1.54, 1.807) is 18.2 Å². The molecule has 0 amide bonds. The third-order valence-corrected chi connectivity index (χ3v) is 3.21. The Morgan fingerprint density at radius 2 is 1.94 bits per heavy atom.